The van der Waals surface area contributed by atoms with E-state index in [0.29, 0.717) is 12.1 Å². The van der Waals surface area contributed by atoms with Crippen molar-refractivity contribution in [3.05, 3.63) is 42.8 Å². The molecule has 0 saturated carbocycles. The number of nitro groups is 2. The maximum atomic E-state index is 12.2. The van der Waals surface area contributed by atoms with Gasteiger partial charge in [0, 0.05) is 19.2 Å². The zero-order valence-electron chi connectivity index (χ0n) is 18.3. The van der Waals surface area contributed by atoms with Crippen molar-refractivity contribution < 1.29 is 39.0 Å². The minimum Gasteiger partial charge on any atom is -0.569 e. The quantitative estimate of drug-likeness (QED) is 0.207. The summed E-state index contributed by atoms with van der Waals surface area (Å²) < 4.78 is 4.88. The SMILES string of the molecule is CCOC(=O)N1CCN([N+]([O-])=NOc2cc(O/N=[N+](\[O-])N(C)C)c([N+](=O)[O-])cc2[N+](=O)[O-])CC1. The Bertz CT molecular complexity index is 991. The highest BCUT2D eigenvalue weighted by Gasteiger charge is 2.30. The van der Waals surface area contributed by atoms with Crippen LogP contribution >= 0.6 is 0 Å². The number of ether oxygens (including phenoxy) is 1. The Labute approximate surface area is 190 Å². The van der Waals surface area contributed by atoms with Gasteiger partial charge in [0.05, 0.1) is 53.6 Å². The van der Waals surface area contributed by atoms with Gasteiger partial charge in [-0.1, -0.05) is 0 Å². The highest BCUT2D eigenvalue weighted by Crippen LogP contribution is 2.39. The molecular formula is C15H21N9O10. The predicted molar refractivity (Wildman–Crippen MR) is 107 cm³/mol. The molecule has 0 atom stereocenters. The largest absolute Gasteiger partial charge is 0.569 e. The van der Waals surface area contributed by atoms with E-state index in [-0.39, 0.29) is 42.7 Å². The molecule has 19 nitrogen and oxygen atoms in total. The number of hydrazine groups is 2. The van der Waals surface area contributed by atoms with Crippen molar-refractivity contribution in [2.45, 2.75) is 6.92 Å². The van der Waals surface area contributed by atoms with Gasteiger partial charge in [0.25, 0.3) is 0 Å². The standard InChI is InChI=1S/C15H21N9O10/c1-4-32-15(25)19-5-7-20(8-6-19)24(31)17-34-14-10-13(33-16-23(30)18(2)3)11(21(26)27)9-12(14)22(28)29/h9-10H,4-8H2,1-3H3/b23-16-,24-17?. The van der Waals surface area contributed by atoms with Gasteiger partial charge in [0.2, 0.25) is 22.1 Å². The summed E-state index contributed by atoms with van der Waals surface area (Å²) in [7, 11) is 2.62. The average Bonchev–Trinajstić information content (AvgIpc) is 2.80. The molecule has 0 bridgehead atoms. The molecule has 1 saturated heterocycles. The van der Waals surface area contributed by atoms with Crippen LogP contribution < -0.4 is 9.68 Å². The number of hydrogen-bond donors (Lipinski definition) is 0. The zero-order valence-corrected chi connectivity index (χ0v) is 18.3. The van der Waals surface area contributed by atoms with Gasteiger partial charge < -0.3 is 20.1 Å². The van der Waals surface area contributed by atoms with Crippen LogP contribution in [0.5, 0.6) is 11.5 Å². The number of carbonyl (C=O) groups excluding carboxylic acids is 1. The molecule has 1 aromatic rings. The average molecular weight is 487 g/mol. The van der Waals surface area contributed by atoms with Crippen LogP contribution in [0.1, 0.15) is 6.92 Å². The number of benzene rings is 1. The molecule has 1 aromatic carbocycles. The van der Waals surface area contributed by atoms with Crippen LogP contribution in [0.3, 0.4) is 0 Å². The molecule has 186 valence electrons. The van der Waals surface area contributed by atoms with Crippen LogP contribution in [0.4, 0.5) is 16.2 Å². The first-order valence-corrected chi connectivity index (χ1v) is 9.56. The first-order valence-electron chi connectivity index (χ1n) is 9.56. The highest BCUT2D eigenvalue weighted by molar-refractivity contribution is 5.67. The molecule has 1 amide bonds. The van der Waals surface area contributed by atoms with Gasteiger partial charge in [0.15, 0.2) is 0 Å². The Hall–Kier alpha value is -4.71. The third-order valence-electron chi connectivity index (χ3n) is 4.22. The molecule has 34 heavy (non-hydrogen) atoms. The molecule has 0 spiro atoms. The maximum Gasteiger partial charge on any atom is 0.409 e. The van der Waals surface area contributed by atoms with Crippen molar-refractivity contribution in [1.29, 1.82) is 0 Å². The normalized spacial score (nSPS) is 14.4. The molecule has 0 radical (unpaired) electrons. The topological polar surface area (TPSA) is 218 Å². The first kappa shape index (κ1) is 25.5. The van der Waals surface area contributed by atoms with Crippen LogP contribution in [0.25, 0.3) is 0 Å². The number of amides is 1. The van der Waals surface area contributed by atoms with Crippen molar-refractivity contribution in [2.24, 2.45) is 10.6 Å². The Balaban J connectivity index is 2.24. The molecule has 1 heterocycles. The second kappa shape index (κ2) is 11.2. The molecule has 0 aromatic heterocycles. The van der Waals surface area contributed by atoms with Crippen molar-refractivity contribution >= 4 is 17.5 Å². The fourth-order valence-corrected chi connectivity index (χ4v) is 2.52. The molecule has 2 rings (SSSR count). The molecule has 1 aliphatic heterocycles. The molecule has 0 N–H and O–H groups in total. The number of nitro benzene ring substituents is 2. The smallest absolute Gasteiger partial charge is 0.409 e. The lowest BCUT2D eigenvalue weighted by atomic mass is 10.2. The fraction of sp³-hybridized carbons (Fsp3) is 0.533. The van der Waals surface area contributed by atoms with E-state index < -0.39 is 38.8 Å². The molecular weight excluding hydrogens is 466 g/mol. The van der Waals surface area contributed by atoms with E-state index in [9.17, 15) is 35.4 Å². The van der Waals surface area contributed by atoms with Crippen molar-refractivity contribution in [1.82, 2.24) is 14.9 Å². The summed E-state index contributed by atoms with van der Waals surface area (Å²) in [6.45, 7) is 2.29. The van der Waals surface area contributed by atoms with Crippen LogP contribution in [-0.2, 0) is 4.74 Å². The third-order valence-corrected chi connectivity index (χ3v) is 4.22. The van der Waals surface area contributed by atoms with Crippen LogP contribution in [0.15, 0.2) is 22.7 Å². The number of rotatable bonds is 9. The minimum atomic E-state index is -0.994. The number of nitrogens with zero attached hydrogens (tertiary/aromatic N) is 9. The zero-order chi connectivity index (χ0) is 25.4. The molecule has 1 fully saturated rings. The number of hydrogen-bond acceptors (Lipinski definition) is 12. The second-order valence-electron chi connectivity index (χ2n) is 6.64. The van der Waals surface area contributed by atoms with Crippen molar-refractivity contribution in [2.75, 3.05) is 46.9 Å². The number of carbonyl (C=O) groups is 1. The Morgan fingerprint density at radius 2 is 1.50 bits per heavy atom. The van der Waals surface area contributed by atoms with Crippen molar-refractivity contribution in [3.8, 4) is 11.5 Å². The van der Waals surface area contributed by atoms with E-state index in [4.69, 9.17) is 14.4 Å². The Morgan fingerprint density at radius 1 is 0.971 bits per heavy atom. The molecule has 19 heteroatoms. The van der Waals surface area contributed by atoms with Gasteiger partial charge in [-0.3, -0.25) is 29.9 Å². The maximum absolute atomic E-state index is 12.2. The summed E-state index contributed by atoms with van der Waals surface area (Å²) in [4.78, 5) is 43.3. The third kappa shape index (κ3) is 6.40. The van der Waals surface area contributed by atoms with Crippen LogP contribution in [0.2, 0.25) is 0 Å². The van der Waals surface area contributed by atoms with E-state index in [1.807, 2.05) is 0 Å². The van der Waals surface area contributed by atoms with Gasteiger partial charge >= 0.3 is 17.5 Å². The van der Waals surface area contributed by atoms with E-state index in [2.05, 4.69) is 10.6 Å². The summed E-state index contributed by atoms with van der Waals surface area (Å²) in [5.74, 6) is -1.36. The highest BCUT2D eigenvalue weighted by atomic mass is 16.7. The molecule has 0 unspecified atom stereocenters. The summed E-state index contributed by atoms with van der Waals surface area (Å²) in [6.07, 6.45) is -0.529. The molecule has 0 aliphatic carbocycles. The Kier molecular flexibility index (Phi) is 8.45. The van der Waals surface area contributed by atoms with E-state index in [0.717, 1.165) is 10.0 Å². The van der Waals surface area contributed by atoms with Gasteiger partial charge in [0.1, 0.15) is 6.07 Å². The molecule has 1 aliphatic rings. The first-order chi connectivity index (χ1) is 16.0. The van der Waals surface area contributed by atoms with E-state index in [1.54, 1.807) is 6.92 Å². The second-order valence-corrected chi connectivity index (χ2v) is 6.64. The lowest BCUT2D eigenvalue weighted by Gasteiger charge is -2.30. The van der Waals surface area contributed by atoms with Gasteiger partial charge in [-0.05, 0) is 6.92 Å². The van der Waals surface area contributed by atoms with E-state index in [1.165, 1.54) is 19.0 Å². The minimum absolute atomic E-state index is 0.0178. The summed E-state index contributed by atoms with van der Waals surface area (Å²) in [5.41, 5.74) is -1.78. The lowest BCUT2D eigenvalue weighted by Crippen LogP contribution is -2.50. The predicted octanol–water partition coefficient (Wildman–Crippen LogP) is 1.18. The fourth-order valence-electron chi connectivity index (χ4n) is 2.52. The van der Waals surface area contributed by atoms with Gasteiger partial charge in [-0.2, -0.15) is 5.01 Å². The summed E-state index contributed by atoms with van der Waals surface area (Å²) >= 11 is 0. The Morgan fingerprint density at radius 3 is 1.97 bits per heavy atom. The summed E-state index contributed by atoms with van der Waals surface area (Å²) in [6, 6.07) is 1.20. The monoisotopic (exact) mass is 487 g/mol. The number of piperazine rings is 1. The van der Waals surface area contributed by atoms with Crippen LogP contribution in [-0.4, -0.2) is 87.7 Å². The van der Waals surface area contributed by atoms with Crippen molar-refractivity contribution in [3.63, 3.8) is 0 Å². The van der Waals surface area contributed by atoms with Gasteiger partial charge in [-0.25, -0.2) is 4.79 Å². The van der Waals surface area contributed by atoms with Crippen LogP contribution in [0, 0.1) is 30.6 Å². The van der Waals surface area contributed by atoms with Gasteiger partial charge in [-0.15, -0.1) is 5.01 Å². The van der Waals surface area contributed by atoms with E-state index >= 15 is 0 Å². The summed E-state index contributed by atoms with van der Waals surface area (Å²) in [5, 5.41) is 54.7. The lowest BCUT2D eigenvalue weighted by molar-refractivity contribution is -0.708.